The highest BCUT2D eigenvalue weighted by molar-refractivity contribution is 6.09. The molecule has 2 rings (SSSR count). The third kappa shape index (κ3) is 6.04. The first-order valence-electron chi connectivity index (χ1n) is 10.3. The second-order valence-electron chi connectivity index (χ2n) is 6.97. The Morgan fingerprint density at radius 3 is 2.60 bits per heavy atom. The van der Waals surface area contributed by atoms with Gasteiger partial charge in [-0.15, -0.1) is 0 Å². The second kappa shape index (κ2) is 11.5. The molecule has 1 aromatic rings. The van der Waals surface area contributed by atoms with Crippen molar-refractivity contribution in [2.75, 3.05) is 25.5 Å². The van der Waals surface area contributed by atoms with Gasteiger partial charge in [0.05, 0.1) is 22.9 Å². The summed E-state index contributed by atoms with van der Waals surface area (Å²) in [6.07, 6.45) is 14.3. The zero-order valence-electron chi connectivity index (χ0n) is 18.1. The summed E-state index contributed by atoms with van der Waals surface area (Å²) in [4.78, 5) is 10.8. The van der Waals surface area contributed by atoms with E-state index in [1.54, 1.807) is 25.7 Å². The Morgan fingerprint density at radius 2 is 2.00 bits per heavy atom. The zero-order chi connectivity index (χ0) is 21.9. The first-order valence-corrected chi connectivity index (χ1v) is 10.3. The van der Waals surface area contributed by atoms with Crippen LogP contribution in [0.5, 0.6) is 0 Å². The molecule has 0 spiro atoms. The molecule has 1 aliphatic rings. The minimum absolute atomic E-state index is 0.180. The van der Waals surface area contributed by atoms with E-state index in [1.165, 1.54) is 6.20 Å². The van der Waals surface area contributed by atoms with Crippen LogP contribution in [0.4, 0.5) is 5.69 Å². The maximum Gasteiger partial charge on any atom is 0.117 e. The SMILES string of the molecule is CCCN(CCC)C(/C=C(\N)NC1C=Cc2ncc(C(C=NC)=CN)cc2N1)=C/N. The number of nitrogens with zero attached hydrogens (tertiary/aromatic N) is 3. The van der Waals surface area contributed by atoms with E-state index in [-0.39, 0.29) is 6.17 Å². The number of aliphatic imine (C=N–C) groups is 1. The van der Waals surface area contributed by atoms with Gasteiger partial charge in [-0.05, 0) is 31.1 Å². The lowest BCUT2D eigenvalue weighted by Crippen LogP contribution is -2.38. The molecule has 0 saturated carbocycles. The van der Waals surface area contributed by atoms with Crippen LogP contribution in [-0.4, -0.2) is 42.4 Å². The fourth-order valence-corrected chi connectivity index (χ4v) is 3.26. The highest BCUT2D eigenvalue weighted by atomic mass is 15.2. The van der Waals surface area contributed by atoms with E-state index < -0.39 is 0 Å². The van der Waals surface area contributed by atoms with Crippen molar-refractivity contribution in [2.24, 2.45) is 22.2 Å². The minimum Gasteiger partial charge on any atom is -0.404 e. The standard InChI is InChI=1S/C22H34N8/c1-4-8-30(9-5-2)18(13-24)11-21(25)29-22-7-6-19-20(28-22)10-16(15-27-19)17(12-23)14-26-3/h6-7,10-15,22,28-29H,4-5,8-9,23-25H2,1-3H3/b17-12?,18-13+,21-11+,26-14?. The Hall–Kier alpha value is -3.42. The molecular formula is C22H34N8. The number of fused-ring (bicyclic) bond motifs is 1. The topological polar surface area (TPSA) is 131 Å². The van der Waals surface area contributed by atoms with Crippen molar-refractivity contribution in [3.8, 4) is 0 Å². The van der Waals surface area contributed by atoms with Gasteiger partial charge in [0, 0.05) is 62.2 Å². The van der Waals surface area contributed by atoms with Gasteiger partial charge in [0.1, 0.15) is 6.17 Å². The summed E-state index contributed by atoms with van der Waals surface area (Å²) < 4.78 is 0. The van der Waals surface area contributed by atoms with E-state index in [2.05, 4.69) is 39.4 Å². The van der Waals surface area contributed by atoms with Gasteiger partial charge in [-0.25, -0.2) is 0 Å². The minimum atomic E-state index is -0.180. The van der Waals surface area contributed by atoms with Crippen molar-refractivity contribution < 1.29 is 0 Å². The Labute approximate surface area is 179 Å². The Morgan fingerprint density at radius 1 is 1.27 bits per heavy atom. The van der Waals surface area contributed by atoms with E-state index in [1.807, 2.05) is 24.3 Å². The summed E-state index contributed by atoms with van der Waals surface area (Å²) in [5.41, 5.74) is 22.2. The van der Waals surface area contributed by atoms with Crippen molar-refractivity contribution in [3.63, 3.8) is 0 Å². The average Bonchev–Trinajstić information content (AvgIpc) is 2.75. The molecule has 8 nitrogen and oxygen atoms in total. The molecule has 8 heteroatoms. The smallest absolute Gasteiger partial charge is 0.117 e. The first-order chi connectivity index (χ1) is 14.6. The van der Waals surface area contributed by atoms with Crippen molar-refractivity contribution in [1.29, 1.82) is 0 Å². The summed E-state index contributed by atoms with van der Waals surface area (Å²) >= 11 is 0. The molecule has 1 aliphatic heterocycles. The third-order valence-corrected chi connectivity index (χ3v) is 4.61. The van der Waals surface area contributed by atoms with Crippen molar-refractivity contribution in [2.45, 2.75) is 32.9 Å². The molecule has 1 aromatic heterocycles. The second-order valence-corrected chi connectivity index (χ2v) is 6.97. The van der Waals surface area contributed by atoms with Crippen LogP contribution < -0.4 is 27.8 Å². The molecule has 1 atom stereocenters. The molecule has 8 N–H and O–H groups in total. The van der Waals surface area contributed by atoms with Gasteiger partial charge in [0.25, 0.3) is 0 Å². The number of anilines is 1. The van der Waals surface area contributed by atoms with Crippen LogP contribution in [0, 0.1) is 0 Å². The van der Waals surface area contributed by atoms with Crippen LogP contribution in [0.15, 0.2) is 53.3 Å². The van der Waals surface area contributed by atoms with Gasteiger partial charge in [0.15, 0.2) is 0 Å². The number of aromatic nitrogens is 1. The van der Waals surface area contributed by atoms with E-state index in [0.717, 1.165) is 54.1 Å². The number of nitrogens with two attached hydrogens (primary N) is 3. The lowest BCUT2D eigenvalue weighted by molar-refractivity contribution is 0.353. The maximum atomic E-state index is 6.26. The highest BCUT2D eigenvalue weighted by Crippen LogP contribution is 2.24. The van der Waals surface area contributed by atoms with Crippen molar-refractivity contribution in [3.05, 3.63) is 59.6 Å². The number of nitrogens with one attached hydrogen (secondary N) is 2. The number of hydrogen-bond donors (Lipinski definition) is 5. The van der Waals surface area contributed by atoms with Crippen LogP contribution in [0.2, 0.25) is 0 Å². The molecule has 0 saturated heterocycles. The molecular weight excluding hydrogens is 376 g/mol. The van der Waals surface area contributed by atoms with Crippen LogP contribution in [0.3, 0.4) is 0 Å². The molecule has 0 radical (unpaired) electrons. The maximum absolute atomic E-state index is 6.26. The molecule has 0 bridgehead atoms. The molecule has 162 valence electrons. The van der Waals surface area contributed by atoms with Gasteiger partial charge < -0.3 is 32.7 Å². The lowest BCUT2D eigenvalue weighted by Gasteiger charge is -2.27. The fourth-order valence-electron chi connectivity index (χ4n) is 3.26. The van der Waals surface area contributed by atoms with E-state index in [9.17, 15) is 0 Å². The number of allylic oxidation sites excluding steroid dienone is 2. The van der Waals surface area contributed by atoms with E-state index in [4.69, 9.17) is 17.2 Å². The number of pyridine rings is 1. The normalized spacial score (nSPS) is 17.0. The zero-order valence-corrected chi connectivity index (χ0v) is 18.1. The highest BCUT2D eigenvalue weighted by Gasteiger charge is 2.15. The molecule has 0 aromatic carbocycles. The first kappa shape index (κ1) is 22.9. The van der Waals surface area contributed by atoms with Crippen molar-refractivity contribution >= 4 is 23.6 Å². The predicted molar refractivity (Wildman–Crippen MR) is 127 cm³/mol. The quantitative estimate of drug-likeness (QED) is 0.295. The molecule has 0 amide bonds. The molecule has 30 heavy (non-hydrogen) atoms. The van der Waals surface area contributed by atoms with Crippen LogP contribution in [0.25, 0.3) is 11.6 Å². The molecule has 1 unspecified atom stereocenters. The van der Waals surface area contributed by atoms with Gasteiger partial charge in [-0.2, -0.15) is 0 Å². The van der Waals surface area contributed by atoms with Gasteiger partial charge in [-0.3, -0.25) is 9.98 Å². The summed E-state index contributed by atoms with van der Waals surface area (Å²) in [6, 6.07) is 2.00. The predicted octanol–water partition coefficient (Wildman–Crippen LogP) is 2.16. The summed E-state index contributed by atoms with van der Waals surface area (Å²) in [7, 11) is 1.71. The van der Waals surface area contributed by atoms with E-state index in [0.29, 0.717) is 5.82 Å². The van der Waals surface area contributed by atoms with Gasteiger partial charge in [0.2, 0.25) is 0 Å². The Balaban J connectivity index is 2.14. The summed E-state index contributed by atoms with van der Waals surface area (Å²) in [6.45, 7) is 6.16. The Kier molecular flexibility index (Phi) is 8.80. The Bertz CT molecular complexity index is 845. The molecule has 0 fully saturated rings. The van der Waals surface area contributed by atoms with Gasteiger partial charge in [-0.1, -0.05) is 13.8 Å². The summed E-state index contributed by atoms with van der Waals surface area (Å²) in [5, 5.41) is 6.68. The number of rotatable bonds is 10. The monoisotopic (exact) mass is 410 g/mol. The van der Waals surface area contributed by atoms with Crippen LogP contribution in [-0.2, 0) is 0 Å². The van der Waals surface area contributed by atoms with Crippen molar-refractivity contribution in [1.82, 2.24) is 15.2 Å². The van der Waals surface area contributed by atoms with Crippen LogP contribution in [0.1, 0.15) is 37.9 Å². The van der Waals surface area contributed by atoms with E-state index >= 15 is 0 Å². The fraction of sp³-hybridized carbons (Fsp3) is 0.364. The van der Waals surface area contributed by atoms with Gasteiger partial charge >= 0.3 is 0 Å². The summed E-state index contributed by atoms with van der Waals surface area (Å²) in [5.74, 6) is 0.527. The third-order valence-electron chi connectivity index (χ3n) is 4.61. The molecule has 2 heterocycles. The lowest BCUT2D eigenvalue weighted by atomic mass is 10.1. The van der Waals surface area contributed by atoms with Crippen LogP contribution >= 0.6 is 0 Å². The number of hydrogen-bond acceptors (Lipinski definition) is 8. The largest absolute Gasteiger partial charge is 0.404 e. The molecule has 0 aliphatic carbocycles. The average molecular weight is 411 g/mol.